The molecule has 0 aliphatic heterocycles. The van der Waals surface area contributed by atoms with Gasteiger partial charge in [-0.25, -0.2) is 9.36 Å². The van der Waals surface area contributed by atoms with Gasteiger partial charge in [0.2, 0.25) is 5.91 Å². The average Bonchev–Trinajstić information content (AvgIpc) is 3.25. The summed E-state index contributed by atoms with van der Waals surface area (Å²) in [4.78, 5) is 45.9. The highest BCUT2D eigenvalue weighted by Crippen LogP contribution is 2.43. The zero-order valence-corrected chi connectivity index (χ0v) is 38.8. The van der Waals surface area contributed by atoms with Crippen LogP contribution in [-0.2, 0) is 32.7 Å². The van der Waals surface area contributed by atoms with Crippen molar-refractivity contribution in [1.82, 2.24) is 5.32 Å². The second-order valence-electron chi connectivity index (χ2n) is 14.9. The van der Waals surface area contributed by atoms with E-state index < -0.39 is 57.6 Å². The number of amides is 1. The first-order chi connectivity index (χ1) is 30.1. The minimum atomic E-state index is -4.78. The Labute approximate surface area is 374 Å². The van der Waals surface area contributed by atoms with Crippen LogP contribution in [0.3, 0.4) is 0 Å². The van der Waals surface area contributed by atoms with Crippen LogP contribution in [0.25, 0.3) is 0 Å². The molecule has 1 amide bonds. The quantitative estimate of drug-likeness (QED) is 0.0201. The average molecular weight is 886 g/mol. The number of carbonyl (C=O) groups is 3. The summed E-state index contributed by atoms with van der Waals surface area (Å²) in [6, 6.07) is -1.57. The molecule has 3 atom stereocenters. The molecule has 0 aliphatic rings. The van der Waals surface area contributed by atoms with Crippen molar-refractivity contribution in [3.8, 4) is 0 Å². The molecule has 0 heterocycles. The number of hydrogen-bond donors (Lipinski definition) is 4. The van der Waals surface area contributed by atoms with Crippen molar-refractivity contribution >= 4 is 25.7 Å². The Morgan fingerprint density at radius 2 is 0.952 bits per heavy atom. The van der Waals surface area contributed by atoms with Crippen molar-refractivity contribution in [2.75, 3.05) is 19.8 Å². The third-order valence-corrected chi connectivity index (χ3v) is 10.00. The minimum absolute atomic E-state index is 0.119. The van der Waals surface area contributed by atoms with Gasteiger partial charge in [-0.1, -0.05) is 155 Å². The molecular weight excluding hydrogens is 806 g/mol. The van der Waals surface area contributed by atoms with E-state index in [2.05, 4.69) is 116 Å². The molecule has 0 bridgehead atoms. The molecule has 0 aromatic carbocycles. The van der Waals surface area contributed by atoms with Gasteiger partial charge in [-0.2, -0.15) is 0 Å². The van der Waals surface area contributed by atoms with Crippen LogP contribution in [0.4, 0.5) is 0 Å². The lowest BCUT2D eigenvalue weighted by atomic mass is 10.1. The highest BCUT2D eigenvalue weighted by Gasteiger charge is 2.28. The Kier molecular flexibility index (Phi) is 41.0. The lowest BCUT2D eigenvalue weighted by Crippen LogP contribution is -2.43. The van der Waals surface area contributed by atoms with E-state index in [4.69, 9.17) is 13.8 Å². The third-order valence-electron chi connectivity index (χ3n) is 9.05. The Morgan fingerprint density at radius 3 is 1.44 bits per heavy atom. The van der Waals surface area contributed by atoms with Crippen molar-refractivity contribution in [2.24, 2.45) is 0 Å². The molecule has 0 aliphatic carbocycles. The van der Waals surface area contributed by atoms with E-state index in [1.165, 1.54) is 19.3 Å². The summed E-state index contributed by atoms with van der Waals surface area (Å²) in [6.45, 7) is 2.36. The van der Waals surface area contributed by atoms with E-state index in [-0.39, 0.29) is 12.8 Å². The van der Waals surface area contributed by atoms with Gasteiger partial charge in [0.15, 0.2) is 6.04 Å². The number of aliphatic carboxylic acids is 1. The molecule has 0 aromatic rings. The van der Waals surface area contributed by atoms with Gasteiger partial charge in [-0.3, -0.25) is 18.6 Å². The fourth-order valence-electron chi connectivity index (χ4n) is 5.51. The molecule has 0 spiro atoms. The number of unbranched alkanes of at least 4 members (excludes halogenated alkanes) is 9. The third kappa shape index (κ3) is 42.8. The number of allylic oxidation sites excluding steroid dienone is 18. The summed E-state index contributed by atoms with van der Waals surface area (Å²) in [5, 5.41) is 21.8. The summed E-state index contributed by atoms with van der Waals surface area (Å²) < 4.78 is 26.8. The SMILES string of the molecule is CC/C=C\C/C=C\C/C=C\C/C=C\C/C=C\C/C=C\C/C=C\CCCC(=O)OCC(O)COP(=O)(O)OCC(NC(=O)CCCCCCC/C=C\C/C=C\CCCCC)C(=O)O. The predicted octanol–water partition coefficient (Wildman–Crippen LogP) is 12.2. The number of carbonyl (C=O) groups excluding carboxylic acids is 2. The summed E-state index contributed by atoms with van der Waals surface area (Å²) >= 11 is 0. The number of aliphatic hydroxyl groups excluding tert-OH is 1. The number of ether oxygens (including phenoxy) is 1. The molecule has 0 radical (unpaired) electrons. The molecule has 4 N–H and O–H groups in total. The lowest BCUT2D eigenvalue weighted by Gasteiger charge is -2.18. The van der Waals surface area contributed by atoms with Crippen LogP contribution in [0, 0.1) is 0 Å². The van der Waals surface area contributed by atoms with E-state index in [0.717, 1.165) is 89.9 Å². The van der Waals surface area contributed by atoms with Crippen LogP contribution in [0.1, 0.15) is 155 Å². The molecular formula is C50H80NO10P. The normalized spacial score (nSPS) is 14.6. The van der Waals surface area contributed by atoms with Crippen molar-refractivity contribution in [2.45, 2.75) is 167 Å². The molecule has 0 saturated heterocycles. The number of esters is 1. The minimum Gasteiger partial charge on any atom is -0.480 e. The van der Waals surface area contributed by atoms with Gasteiger partial charge >= 0.3 is 19.8 Å². The number of carboxylic acids is 1. The van der Waals surface area contributed by atoms with Gasteiger partial charge < -0.3 is 25.2 Å². The first-order valence-corrected chi connectivity index (χ1v) is 24.4. The van der Waals surface area contributed by atoms with Gasteiger partial charge in [-0.15, -0.1) is 0 Å². The van der Waals surface area contributed by atoms with Crippen LogP contribution < -0.4 is 5.32 Å². The van der Waals surface area contributed by atoms with Crippen molar-refractivity contribution < 1.29 is 47.8 Å². The molecule has 12 heteroatoms. The van der Waals surface area contributed by atoms with Gasteiger partial charge in [0.1, 0.15) is 12.7 Å². The summed E-state index contributed by atoms with van der Waals surface area (Å²) in [5.74, 6) is -2.47. The molecule has 0 saturated carbocycles. The number of phosphoric acid groups is 1. The van der Waals surface area contributed by atoms with Crippen molar-refractivity contribution in [1.29, 1.82) is 0 Å². The Balaban J connectivity index is 4.01. The smallest absolute Gasteiger partial charge is 0.472 e. The Hall–Kier alpha value is -3.86. The molecule has 3 unspecified atom stereocenters. The Morgan fingerprint density at radius 1 is 0.532 bits per heavy atom. The topological polar surface area (TPSA) is 169 Å². The van der Waals surface area contributed by atoms with Crippen LogP contribution in [0.2, 0.25) is 0 Å². The maximum Gasteiger partial charge on any atom is 0.472 e. The maximum absolute atomic E-state index is 12.3. The van der Waals surface area contributed by atoms with E-state index in [9.17, 15) is 34.1 Å². The molecule has 0 aromatic heterocycles. The molecule has 11 nitrogen and oxygen atoms in total. The largest absolute Gasteiger partial charge is 0.480 e. The second-order valence-corrected chi connectivity index (χ2v) is 16.3. The highest BCUT2D eigenvalue weighted by molar-refractivity contribution is 7.47. The Bertz CT molecular complexity index is 1460. The number of hydrogen-bond acceptors (Lipinski definition) is 8. The molecule has 62 heavy (non-hydrogen) atoms. The number of aliphatic hydroxyl groups is 1. The summed E-state index contributed by atoms with van der Waals surface area (Å²) in [6.07, 6.45) is 56.9. The molecule has 0 fully saturated rings. The van der Waals surface area contributed by atoms with E-state index >= 15 is 0 Å². The van der Waals surface area contributed by atoms with E-state index in [1.54, 1.807) is 0 Å². The van der Waals surface area contributed by atoms with Crippen LogP contribution in [0.15, 0.2) is 109 Å². The fourth-order valence-corrected chi connectivity index (χ4v) is 6.28. The predicted molar refractivity (Wildman–Crippen MR) is 253 cm³/mol. The number of phosphoric ester groups is 1. The standard InChI is InChI=1S/C50H80NO10P/c1-3-5-7-9-11-13-15-17-19-20-21-22-23-24-25-26-28-30-32-34-36-38-40-42-49(54)59-43-46(52)44-60-62(57,58)61-45-47(50(55)56)51-48(53)41-39-37-35-33-31-29-27-18-16-14-12-10-8-6-4-2/h5,7,11-14,17-19,21-22,24-25,27-28,30,34,36,46-47,52H,3-4,6,8-10,15-16,20,23,26,29,31-33,35,37-45H2,1-2H3,(H,51,53)(H,55,56)(H,57,58)/b7-5-,13-11-,14-12-,19-17-,22-21-,25-24-,27-18-,30-28-,36-34-. The first kappa shape index (κ1) is 58.1. The van der Waals surface area contributed by atoms with Crippen LogP contribution >= 0.6 is 7.82 Å². The van der Waals surface area contributed by atoms with E-state index in [0.29, 0.717) is 19.3 Å². The number of rotatable bonds is 41. The molecule has 350 valence electrons. The van der Waals surface area contributed by atoms with Gasteiger partial charge in [-0.05, 0) is 96.3 Å². The van der Waals surface area contributed by atoms with Gasteiger partial charge in [0.05, 0.1) is 13.2 Å². The monoisotopic (exact) mass is 886 g/mol. The van der Waals surface area contributed by atoms with Crippen molar-refractivity contribution in [3.63, 3.8) is 0 Å². The zero-order valence-electron chi connectivity index (χ0n) is 37.9. The summed E-state index contributed by atoms with van der Waals surface area (Å²) in [7, 11) is -4.78. The fraction of sp³-hybridized carbons (Fsp3) is 0.580. The highest BCUT2D eigenvalue weighted by atomic mass is 31.2. The number of nitrogens with one attached hydrogen (secondary N) is 1. The summed E-state index contributed by atoms with van der Waals surface area (Å²) in [5.41, 5.74) is 0. The maximum atomic E-state index is 12.3. The van der Waals surface area contributed by atoms with Crippen LogP contribution in [0.5, 0.6) is 0 Å². The van der Waals surface area contributed by atoms with Gasteiger partial charge in [0.25, 0.3) is 0 Å². The number of carboxylic acid groups (broad SMARTS) is 1. The van der Waals surface area contributed by atoms with Crippen molar-refractivity contribution in [3.05, 3.63) is 109 Å². The van der Waals surface area contributed by atoms with Gasteiger partial charge in [0, 0.05) is 12.8 Å². The van der Waals surface area contributed by atoms with E-state index in [1.807, 2.05) is 12.2 Å². The van der Waals surface area contributed by atoms with Crippen LogP contribution in [-0.4, -0.2) is 64.9 Å². The second kappa shape index (κ2) is 43.8. The molecule has 0 rings (SSSR count). The zero-order chi connectivity index (χ0) is 45.6. The first-order valence-electron chi connectivity index (χ1n) is 22.9. The lowest BCUT2D eigenvalue weighted by molar-refractivity contribution is -0.147.